The Labute approximate surface area is 96.3 Å². The van der Waals surface area contributed by atoms with E-state index in [1.54, 1.807) is 0 Å². The van der Waals surface area contributed by atoms with Gasteiger partial charge in [0.15, 0.2) is 0 Å². The summed E-state index contributed by atoms with van der Waals surface area (Å²) in [5.41, 5.74) is 7.42. The third-order valence-corrected chi connectivity index (χ3v) is 2.28. The summed E-state index contributed by atoms with van der Waals surface area (Å²) in [6.07, 6.45) is 0.615. The van der Waals surface area contributed by atoms with Gasteiger partial charge in [-0.2, -0.15) is 0 Å². The van der Waals surface area contributed by atoms with E-state index in [-0.39, 0.29) is 11.9 Å². The average molecular weight is 218 g/mol. The van der Waals surface area contributed by atoms with Crippen molar-refractivity contribution in [2.45, 2.75) is 19.4 Å². The molecule has 1 aromatic rings. The molecule has 16 heavy (non-hydrogen) atoms. The molecule has 3 N–H and O–H groups in total. The summed E-state index contributed by atoms with van der Waals surface area (Å²) in [6.45, 7) is 6.30. The van der Waals surface area contributed by atoms with Crippen LogP contribution >= 0.6 is 0 Å². The molecule has 0 saturated heterocycles. The van der Waals surface area contributed by atoms with E-state index in [0.29, 0.717) is 13.0 Å². The summed E-state index contributed by atoms with van der Waals surface area (Å²) in [7, 11) is 0. The molecule has 1 atom stereocenters. The van der Waals surface area contributed by atoms with E-state index in [0.717, 1.165) is 11.1 Å². The van der Waals surface area contributed by atoms with Gasteiger partial charge in [0, 0.05) is 6.54 Å². The Morgan fingerprint density at radius 1 is 1.44 bits per heavy atom. The standard InChI is InChI=1S/C13H18N2O/c1-10(2)9-15-12(13(14)16)8-11-6-4-3-5-7-11/h3-7,12,15H,1,8-9H2,2H3,(H2,14,16). The molecular formula is C13H18N2O. The minimum absolute atomic E-state index is 0.329. The molecule has 0 heterocycles. The van der Waals surface area contributed by atoms with E-state index >= 15 is 0 Å². The molecule has 0 radical (unpaired) electrons. The zero-order valence-electron chi connectivity index (χ0n) is 9.57. The highest BCUT2D eigenvalue weighted by molar-refractivity contribution is 5.80. The first kappa shape index (κ1) is 12.5. The molecule has 0 spiro atoms. The minimum atomic E-state index is -0.334. The largest absolute Gasteiger partial charge is 0.368 e. The molecule has 3 heteroatoms. The van der Waals surface area contributed by atoms with Gasteiger partial charge in [0.2, 0.25) is 5.91 Å². The lowest BCUT2D eigenvalue weighted by atomic mass is 10.1. The summed E-state index contributed by atoms with van der Waals surface area (Å²) in [5.74, 6) is -0.329. The number of carbonyl (C=O) groups excluding carboxylic acids is 1. The monoisotopic (exact) mass is 218 g/mol. The highest BCUT2D eigenvalue weighted by Crippen LogP contribution is 2.03. The van der Waals surface area contributed by atoms with Crippen molar-refractivity contribution in [1.29, 1.82) is 0 Å². The quantitative estimate of drug-likeness (QED) is 0.706. The van der Waals surface area contributed by atoms with Crippen LogP contribution < -0.4 is 11.1 Å². The van der Waals surface area contributed by atoms with Crippen molar-refractivity contribution < 1.29 is 4.79 Å². The van der Waals surface area contributed by atoms with Gasteiger partial charge in [-0.15, -0.1) is 0 Å². The normalized spacial score (nSPS) is 12.1. The summed E-state index contributed by atoms with van der Waals surface area (Å²) in [6, 6.07) is 9.48. The highest BCUT2D eigenvalue weighted by Gasteiger charge is 2.14. The van der Waals surface area contributed by atoms with E-state index in [1.807, 2.05) is 37.3 Å². The van der Waals surface area contributed by atoms with Crippen LogP contribution in [0.4, 0.5) is 0 Å². The van der Waals surface area contributed by atoms with E-state index in [9.17, 15) is 4.79 Å². The number of carbonyl (C=O) groups is 1. The lowest BCUT2D eigenvalue weighted by molar-refractivity contribution is -0.119. The van der Waals surface area contributed by atoms with Gasteiger partial charge in [0.05, 0.1) is 6.04 Å². The number of primary amides is 1. The molecule has 0 aliphatic carbocycles. The first-order chi connectivity index (χ1) is 7.59. The Kier molecular flexibility index (Phi) is 4.73. The van der Waals surface area contributed by atoms with Crippen LogP contribution in [0, 0.1) is 0 Å². The maximum Gasteiger partial charge on any atom is 0.234 e. The fraction of sp³-hybridized carbons (Fsp3) is 0.308. The van der Waals surface area contributed by atoms with Gasteiger partial charge in [-0.1, -0.05) is 42.5 Å². The van der Waals surface area contributed by atoms with E-state index in [1.165, 1.54) is 0 Å². The van der Waals surface area contributed by atoms with Gasteiger partial charge in [-0.3, -0.25) is 4.79 Å². The first-order valence-corrected chi connectivity index (χ1v) is 5.30. The van der Waals surface area contributed by atoms with Crippen molar-refractivity contribution >= 4 is 5.91 Å². The van der Waals surface area contributed by atoms with Crippen molar-refractivity contribution in [2.75, 3.05) is 6.54 Å². The Hall–Kier alpha value is -1.61. The molecule has 0 aliphatic rings. The number of hydrogen-bond acceptors (Lipinski definition) is 2. The van der Waals surface area contributed by atoms with Crippen molar-refractivity contribution in [3.8, 4) is 0 Å². The summed E-state index contributed by atoms with van der Waals surface area (Å²) >= 11 is 0. The number of hydrogen-bond donors (Lipinski definition) is 2. The lowest BCUT2D eigenvalue weighted by Gasteiger charge is -2.15. The van der Waals surface area contributed by atoms with Crippen LogP contribution in [0.15, 0.2) is 42.5 Å². The lowest BCUT2D eigenvalue weighted by Crippen LogP contribution is -2.43. The topological polar surface area (TPSA) is 55.1 Å². The van der Waals surface area contributed by atoms with E-state index in [2.05, 4.69) is 11.9 Å². The highest BCUT2D eigenvalue weighted by atomic mass is 16.1. The molecule has 3 nitrogen and oxygen atoms in total. The molecule has 0 bridgehead atoms. The SMILES string of the molecule is C=C(C)CNC(Cc1ccccc1)C(N)=O. The zero-order valence-corrected chi connectivity index (χ0v) is 9.57. The first-order valence-electron chi connectivity index (χ1n) is 5.30. The van der Waals surface area contributed by atoms with Gasteiger partial charge in [-0.25, -0.2) is 0 Å². The number of benzene rings is 1. The molecule has 0 fully saturated rings. The number of nitrogens with two attached hydrogens (primary N) is 1. The fourth-order valence-corrected chi connectivity index (χ4v) is 1.42. The van der Waals surface area contributed by atoms with Crippen LogP contribution in [0.3, 0.4) is 0 Å². The Morgan fingerprint density at radius 3 is 2.56 bits per heavy atom. The van der Waals surface area contributed by atoms with Crippen LogP contribution in [-0.2, 0) is 11.2 Å². The van der Waals surface area contributed by atoms with E-state index < -0.39 is 0 Å². The molecule has 0 aliphatic heterocycles. The zero-order chi connectivity index (χ0) is 12.0. The third-order valence-electron chi connectivity index (χ3n) is 2.28. The van der Waals surface area contributed by atoms with Crippen LogP contribution in [0.25, 0.3) is 0 Å². The number of nitrogens with one attached hydrogen (secondary N) is 1. The molecule has 1 aromatic carbocycles. The van der Waals surface area contributed by atoms with Crippen LogP contribution in [0.2, 0.25) is 0 Å². The second-order valence-corrected chi connectivity index (χ2v) is 3.98. The average Bonchev–Trinajstić information content (AvgIpc) is 2.25. The molecule has 1 unspecified atom stereocenters. The van der Waals surface area contributed by atoms with Crippen LogP contribution in [0.5, 0.6) is 0 Å². The van der Waals surface area contributed by atoms with Gasteiger partial charge >= 0.3 is 0 Å². The van der Waals surface area contributed by atoms with Gasteiger partial charge in [0.25, 0.3) is 0 Å². The van der Waals surface area contributed by atoms with Crippen molar-refractivity contribution in [3.63, 3.8) is 0 Å². The minimum Gasteiger partial charge on any atom is -0.368 e. The van der Waals surface area contributed by atoms with Gasteiger partial charge in [-0.05, 0) is 18.9 Å². The predicted molar refractivity (Wildman–Crippen MR) is 65.9 cm³/mol. The van der Waals surface area contributed by atoms with Crippen molar-refractivity contribution in [2.24, 2.45) is 5.73 Å². The molecule has 1 rings (SSSR count). The Bertz CT molecular complexity index is 359. The molecule has 1 amide bonds. The summed E-state index contributed by atoms with van der Waals surface area (Å²) in [5, 5.41) is 3.09. The Morgan fingerprint density at radius 2 is 2.06 bits per heavy atom. The van der Waals surface area contributed by atoms with Crippen LogP contribution in [-0.4, -0.2) is 18.5 Å². The van der Waals surface area contributed by atoms with Gasteiger partial charge < -0.3 is 11.1 Å². The predicted octanol–water partition coefficient (Wildman–Crippen LogP) is 1.25. The maximum absolute atomic E-state index is 11.2. The summed E-state index contributed by atoms with van der Waals surface area (Å²) in [4.78, 5) is 11.2. The fourth-order valence-electron chi connectivity index (χ4n) is 1.42. The third kappa shape index (κ3) is 4.28. The molecule has 86 valence electrons. The summed E-state index contributed by atoms with van der Waals surface area (Å²) < 4.78 is 0. The van der Waals surface area contributed by atoms with Gasteiger partial charge in [0.1, 0.15) is 0 Å². The second kappa shape index (κ2) is 6.08. The molecular weight excluding hydrogens is 200 g/mol. The second-order valence-electron chi connectivity index (χ2n) is 3.98. The molecule has 0 saturated carbocycles. The maximum atomic E-state index is 11.2. The van der Waals surface area contributed by atoms with Crippen molar-refractivity contribution in [3.05, 3.63) is 48.0 Å². The number of amides is 1. The number of rotatable bonds is 6. The Balaban J connectivity index is 2.58. The molecule has 0 aromatic heterocycles. The van der Waals surface area contributed by atoms with Crippen LogP contribution in [0.1, 0.15) is 12.5 Å². The smallest absolute Gasteiger partial charge is 0.234 e. The van der Waals surface area contributed by atoms with E-state index in [4.69, 9.17) is 5.73 Å². The van der Waals surface area contributed by atoms with Crippen molar-refractivity contribution in [1.82, 2.24) is 5.32 Å².